The van der Waals surface area contributed by atoms with Crippen molar-refractivity contribution in [3.63, 3.8) is 0 Å². The first kappa shape index (κ1) is 14.1. The number of anilines is 1. The second-order valence-corrected chi connectivity index (χ2v) is 4.26. The van der Waals surface area contributed by atoms with Gasteiger partial charge >= 0.3 is 0 Å². The summed E-state index contributed by atoms with van der Waals surface area (Å²) < 4.78 is 18.8. The van der Waals surface area contributed by atoms with Crippen LogP contribution in [0.4, 0.5) is 10.1 Å². The SMILES string of the molecule is COCCNCC(=O)Nc1ccc(Br)cc1F. The topological polar surface area (TPSA) is 50.4 Å². The molecule has 0 aliphatic heterocycles. The Balaban J connectivity index is 2.40. The van der Waals surface area contributed by atoms with Gasteiger partial charge in [0.15, 0.2) is 0 Å². The molecule has 0 aliphatic carbocycles. The van der Waals surface area contributed by atoms with E-state index in [4.69, 9.17) is 4.74 Å². The number of amides is 1. The van der Waals surface area contributed by atoms with Crippen LogP contribution in [-0.2, 0) is 9.53 Å². The van der Waals surface area contributed by atoms with Gasteiger partial charge in [-0.1, -0.05) is 15.9 Å². The van der Waals surface area contributed by atoms with Crippen LogP contribution in [0.1, 0.15) is 0 Å². The van der Waals surface area contributed by atoms with Crippen LogP contribution in [0.15, 0.2) is 22.7 Å². The van der Waals surface area contributed by atoms with Crippen LogP contribution >= 0.6 is 15.9 Å². The van der Waals surface area contributed by atoms with Crippen molar-refractivity contribution in [2.45, 2.75) is 0 Å². The lowest BCUT2D eigenvalue weighted by Gasteiger charge is -2.07. The number of hydrogen-bond donors (Lipinski definition) is 2. The van der Waals surface area contributed by atoms with Gasteiger partial charge in [0.2, 0.25) is 5.91 Å². The van der Waals surface area contributed by atoms with E-state index in [9.17, 15) is 9.18 Å². The maximum atomic E-state index is 13.4. The molecule has 1 aromatic carbocycles. The fourth-order valence-corrected chi connectivity index (χ4v) is 1.49. The first-order valence-electron chi connectivity index (χ1n) is 5.08. The van der Waals surface area contributed by atoms with Crippen molar-refractivity contribution >= 4 is 27.5 Å². The van der Waals surface area contributed by atoms with Crippen molar-refractivity contribution in [1.29, 1.82) is 0 Å². The first-order chi connectivity index (χ1) is 8.13. The van der Waals surface area contributed by atoms with Crippen LogP contribution < -0.4 is 10.6 Å². The second kappa shape index (κ2) is 7.37. The van der Waals surface area contributed by atoms with Gasteiger partial charge in [-0.05, 0) is 18.2 Å². The van der Waals surface area contributed by atoms with Crippen LogP contribution in [-0.4, -0.2) is 32.7 Å². The van der Waals surface area contributed by atoms with E-state index in [0.29, 0.717) is 17.6 Å². The summed E-state index contributed by atoms with van der Waals surface area (Å²) in [6.07, 6.45) is 0. The molecule has 0 unspecified atom stereocenters. The maximum Gasteiger partial charge on any atom is 0.238 e. The van der Waals surface area contributed by atoms with E-state index in [1.54, 1.807) is 13.2 Å². The molecule has 2 N–H and O–H groups in total. The summed E-state index contributed by atoms with van der Waals surface area (Å²) in [6.45, 7) is 1.23. The lowest BCUT2D eigenvalue weighted by atomic mass is 10.3. The minimum Gasteiger partial charge on any atom is -0.383 e. The molecule has 1 aromatic rings. The maximum absolute atomic E-state index is 13.4. The Labute approximate surface area is 108 Å². The number of ether oxygens (including phenoxy) is 1. The Morgan fingerprint density at radius 1 is 1.53 bits per heavy atom. The van der Waals surface area contributed by atoms with E-state index in [2.05, 4.69) is 26.6 Å². The van der Waals surface area contributed by atoms with Crippen molar-refractivity contribution in [2.24, 2.45) is 0 Å². The highest BCUT2D eigenvalue weighted by Crippen LogP contribution is 2.18. The van der Waals surface area contributed by atoms with Gasteiger partial charge in [0.1, 0.15) is 5.82 Å². The third-order valence-electron chi connectivity index (χ3n) is 1.97. The van der Waals surface area contributed by atoms with Crippen molar-refractivity contribution in [3.05, 3.63) is 28.5 Å². The van der Waals surface area contributed by atoms with Gasteiger partial charge in [-0.15, -0.1) is 0 Å². The fourth-order valence-electron chi connectivity index (χ4n) is 1.16. The Kier molecular flexibility index (Phi) is 6.10. The van der Waals surface area contributed by atoms with E-state index in [-0.39, 0.29) is 18.1 Å². The molecule has 1 rings (SSSR count). The zero-order valence-corrected chi connectivity index (χ0v) is 11.0. The van der Waals surface area contributed by atoms with Crippen LogP contribution in [0.2, 0.25) is 0 Å². The van der Waals surface area contributed by atoms with E-state index < -0.39 is 5.82 Å². The highest BCUT2D eigenvalue weighted by atomic mass is 79.9. The van der Waals surface area contributed by atoms with Gasteiger partial charge in [0.25, 0.3) is 0 Å². The molecule has 6 heteroatoms. The standard InChI is InChI=1S/C11H14BrFN2O2/c1-17-5-4-14-7-11(16)15-10-3-2-8(12)6-9(10)13/h2-3,6,14H,4-5,7H2,1H3,(H,15,16). The highest BCUT2D eigenvalue weighted by Gasteiger charge is 2.06. The Morgan fingerprint density at radius 3 is 2.94 bits per heavy atom. The van der Waals surface area contributed by atoms with E-state index >= 15 is 0 Å². The summed E-state index contributed by atoms with van der Waals surface area (Å²) in [6, 6.07) is 4.47. The monoisotopic (exact) mass is 304 g/mol. The zero-order chi connectivity index (χ0) is 12.7. The van der Waals surface area contributed by atoms with Crippen molar-refractivity contribution < 1.29 is 13.9 Å². The molecule has 0 saturated heterocycles. The van der Waals surface area contributed by atoms with Crippen molar-refractivity contribution in [3.8, 4) is 0 Å². The summed E-state index contributed by atoms with van der Waals surface area (Å²) in [7, 11) is 1.58. The molecule has 0 radical (unpaired) electrons. The van der Waals surface area contributed by atoms with Crippen molar-refractivity contribution in [1.82, 2.24) is 5.32 Å². The van der Waals surface area contributed by atoms with Gasteiger partial charge in [-0.3, -0.25) is 4.79 Å². The Morgan fingerprint density at radius 2 is 2.29 bits per heavy atom. The fraction of sp³-hybridized carbons (Fsp3) is 0.364. The van der Waals surface area contributed by atoms with Crippen LogP contribution in [0.25, 0.3) is 0 Å². The number of carbonyl (C=O) groups is 1. The van der Waals surface area contributed by atoms with Gasteiger partial charge in [-0.2, -0.15) is 0 Å². The van der Waals surface area contributed by atoms with E-state index in [0.717, 1.165) is 0 Å². The lowest BCUT2D eigenvalue weighted by Crippen LogP contribution is -2.30. The molecule has 94 valence electrons. The third kappa shape index (κ3) is 5.25. The largest absolute Gasteiger partial charge is 0.383 e. The predicted octanol–water partition coefficient (Wildman–Crippen LogP) is 1.76. The molecule has 0 atom stereocenters. The summed E-state index contributed by atoms with van der Waals surface area (Å²) >= 11 is 3.14. The van der Waals surface area contributed by atoms with Gasteiger partial charge in [-0.25, -0.2) is 4.39 Å². The number of methoxy groups -OCH3 is 1. The van der Waals surface area contributed by atoms with Crippen LogP contribution in [0.5, 0.6) is 0 Å². The molecule has 0 heterocycles. The molecule has 17 heavy (non-hydrogen) atoms. The number of benzene rings is 1. The van der Waals surface area contributed by atoms with Gasteiger partial charge in [0.05, 0.1) is 18.8 Å². The highest BCUT2D eigenvalue weighted by molar-refractivity contribution is 9.10. The molecule has 0 saturated carbocycles. The minimum absolute atomic E-state index is 0.124. The third-order valence-corrected chi connectivity index (χ3v) is 2.47. The normalized spacial score (nSPS) is 10.3. The molecular weight excluding hydrogens is 291 g/mol. The molecule has 0 aromatic heterocycles. The van der Waals surface area contributed by atoms with Crippen molar-refractivity contribution in [2.75, 3.05) is 32.1 Å². The second-order valence-electron chi connectivity index (χ2n) is 3.34. The van der Waals surface area contributed by atoms with Gasteiger partial charge in [0, 0.05) is 18.1 Å². The Hall–Kier alpha value is -0.980. The summed E-state index contributed by atoms with van der Waals surface area (Å²) in [5, 5.41) is 5.34. The summed E-state index contributed by atoms with van der Waals surface area (Å²) in [4.78, 5) is 11.4. The molecule has 4 nitrogen and oxygen atoms in total. The number of hydrogen-bond acceptors (Lipinski definition) is 3. The van der Waals surface area contributed by atoms with Gasteiger partial charge < -0.3 is 15.4 Å². The van der Waals surface area contributed by atoms with E-state index in [1.807, 2.05) is 0 Å². The zero-order valence-electron chi connectivity index (χ0n) is 9.43. The average molecular weight is 305 g/mol. The van der Waals surface area contributed by atoms with E-state index in [1.165, 1.54) is 12.1 Å². The number of rotatable bonds is 6. The quantitative estimate of drug-likeness (QED) is 0.788. The molecule has 0 spiro atoms. The first-order valence-corrected chi connectivity index (χ1v) is 5.87. The number of carbonyl (C=O) groups excluding carboxylic acids is 1. The minimum atomic E-state index is -0.468. The number of nitrogens with one attached hydrogen (secondary N) is 2. The smallest absolute Gasteiger partial charge is 0.238 e. The average Bonchev–Trinajstić information content (AvgIpc) is 2.28. The predicted molar refractivity (Wildman–Crippen MR) is 67.5 cm³/mol. The van der Waals surface area contributed by atoms with Crippen LogP contribution in [0, 0.1) is 5.82 Å². The molecule has 0 fully saturated rings. The molecular formula is C11H14BrFN2O2. The van der Waals surface area contributed by atoms with Crippen LogP contribution in [0.3, 0.4) is 0 Å². The molecule has 1 amide bonds. The summed E-state index contributed by atoms with van der Waals surface area (Å²) in [5.74, 6) is -0.757. The molecule has 0 bridgehead atoms. The Bertz CT molecular complexity index is 388. The molecule has 0 aliphatic rings. The lowest BCUT2D eigenvalue weighted by molar-refractivity contribution is -0.115. The number of halogens is 2. The summed E-state index contributed by atoms with van der Waals surface area (Å²) in [5.41, 5.74) is 0.173.